The molecule has 0 saturated heterocycles. The minimum atomic E-state index is 0.659. The molecule has 1 aromatic heterocycles. The molecule has 0 radical (unpaired) electrons. The number of hydrogen-bond donors (Lipinski definition) is 1. The molecule has 0 aliphatic carbocycles. The molecule has 0 aliphatic rings. The third-order valence-corrected chi connectivity index (χ3v) is 2.77. The number of nitriles is 1. The van der Waals surface area contributed by atoms with E-state index in [2.05, 4.69) is 11.4 Å². The van der Waals surface area contributed by atoms with Crippen LogP contribution in [0, 0.1) is 11.3 Å². The molecule has 0 fully saturated rings. The number of nitrogens with one attached hydrogen (secondary N) is 1. The minimum absolute atomic E-state index is 0.659. The lowest BCUT2D eigenvalue weighted by Crippen LogP contribution is -2.00. The monoisotopic (exact) mass is 241 g/mol. The van der Waals surface area contributed by atoms with Crippen molar-refractivity contribution in [1.29, 1.82) is 5.26 Å². The van der Waals surface area contributed by atoms with Crippen molar-refractivity contribution in [2.24, 2.45) is 7.05 Å². The topological polar surface area (TPSA) is 50.0 Å². The Hall–Kier alpha value is -2.41. The standard InChI is InChI=1S/C14H15N3O/c1-17-10-11(7-12(17)8-15)9-16-13-5-3-4-6-14(13)18-2/h3-7,10,16H,9H2,1-2H3. The van der Waals surface area contributed by atoms with E-state index in [9.17, 15) is 0 Å². The van der Waals surface area contributed by atoms with Gasteiger partial charge in [0.05, 0.1) is 12.8 Å². The molecule has 18 heavy (non-hydrogen) atoms. The van der Waals surface area contributed by atoms with Gasteiger partial charge in [0.2, 0.25) is 0 Å². The maximum atomic E-state index is 8.89. The lowest BCUT2D eigenvalue weighted by Gasteiger charge is -2.09. The van der Waals surface area contributed by atoms with Crippen LogP contribution >= 0.6 is 0 Å². The van der Waals surface area contributed by atoms with Crippen LogP contribution in [0.1, 0.15) is 11.3 Å². The molecule has 0 unspecified atom stereocenters. The van der Waals surface area contributed by atoms with Gasteiger partial charge in [-0.15, -0.1) is 0 Å². The Balaban J connectivity index is 2.09. The number of rotatable bonds is 4. The summed E-state index contributed by atoms with van der Waals surface area (Å²) in [5.74, 6) is 0.814. The first-order valence-corrected chi connectivity index (χ1v) is 5.67. The third kappa shape index (κ3) is 2.46. The van der Waals surface area contributed by atoms with Crippen molar-refractivity contribution in [2.45, 2.75) is 6.54 Å². The maximum Gasteiger partial charge on any atom is 0.141 e. The molecule has 4 heteroatoms. The number of anilines is 1. The van der Waals surface area contributed by atoms with Gasteiger partial charge in [0, 0.05) is 19.8 Å². The van der Waals surface area contributed by atoms with Crippen LogP contribution in [0.3, 0.4) is 0 Å². The van der Waals surface area contributed by atoms with Crippen molar-refractivity contribution < 1.29 is 4.74 Å². The Morgan fingerprint density at radius 3 is 2.83 bits per heavy atom. The molecule has 1 N–H and O–H groups in total. The fourth-order valence-electron chi connectivity index (χ4n) is 1.83. The summed E-state index contributed by atoms with van der Waals surface area (Å²) in [6.45, 7) is 0.663. The first-order valence-electron chi connectivity index (χ1n) is 5.67. The Labute approximate surface area is 106 Å². The predicted octanol–water partition coefficient (Wildman–Crippen LogP) is 2.52. The van der Waals surface area contributed by atoms with Crippen LogP contribution in [-0.4, -0.2) is 11.7 Å². The molecular weight excluding hydrogens is 226 g/mol. The maximum absolute atomic E-state index is 8.89. The van der Waals surface area contributed by atoms with Crippen LogP contribution in [0.25, 0.3) is 0 Å². The summed E-state index contributed by atoms with van der Waals surface area (Å²) in [4.78, 5) is 0. The lowest BCUT2D eigenvalue weighted by molar-refractivity contribution is 0.416. The van der Waals surface area contributed by atoms with E-state index in [4.69, 9.17) is 10.00 Å². The first kappa shape index (κ1) is 12.1. The summed E-state index contributed by atoms with van der Waals surface area (Å²) >= 11 is 0. The molecule has 0 atom stereocenters. The molecule has 1 aromatic carbocycles. The van der Waals surface area contributed by atoms with E-state index in [0.717, 1.165) is 17.0 Å². The number of aryl methyl sites for hydroxylation is 1. The smallest absolute Gasteiger partial charge is 0.141 e. The second-order valence-electron chi connectivity index (χ2n) is 4.01. The number of methoxy groups -OCH3 is 1. The lowest BCUT2D eigenvalue weighted by atomic mass is 10.2. The van der Waals surface area contributed by atoms with E-state index >= 15 is 0 Å². The van der Waals surface area contributed by atoms with Crippen LogP contribution < -0.4 is 10.1 Å². The van der Waals surface area contributed by atoms with Crippen molar-refractivity contribution in [3.8, 4) is 11.8 Å². The van der Waals surface area contributed by atoms with Gasteiger partial charge in [-0.3, -0.25) is 0 Å². The Morgan fingerprint density at radius 1 is 1.39 bits per heavy atom. The van der Waals surface area contributed by atoms with Crippen molar-refractivity contribution in [3.63, 3.8) is 0 Å². The third-order valence-electron chi connectivity index (χ3n) is 2.77. The van der Waals surface area contributed by atoms with Crippen molar-refractivity contribution in [1.82, 2.24) is 4.57 Å². The number of ether oxygens (including phenoxy) is 1. The zero-order valence-corrected chi connectivity index (χ0v) is 10.5. The highest BCUT2D eigenvalue weighted by Crippen LogP contribution is 2.23. The Morgan fingerprint density at radius 2 is 2.17 bits per heavy atom. The number of nitrogens with zero attached hydrogens (tertiary/aromatic N) is 2. The van der Waals surface area contributed by atoms with E-state index in [0.29, 0.717) is 12.2 Å². The van der Waals surface area contributed by atoms with E-state index in [1.54, 1.807) is 7.11 Å². The zero-order valence-electron chi connectivity index (χ0n) is 10.5. The van der Waals surface area contributed by atoms with Gasteiger partial charge in [0.15, 0.2) is 0 Å². The predicted molar refractivity (Wildman–Crippen MR) is 70.4 cm³/mol. The molecule has 0 amide bonds. The summed E-state index contributed by atoms with van der Waals surface area (Å²) in [7, 11) is 3.52. The Kier molecular flexibility index (Phi) is 3.54. The van der Waals surface area contributed by atoms with E-state index < -0.39 is 0 Å². The molecule has 0 saturated carbocycles. The average molecular weight is 241 g/mol. The molecule has 0 spiro atoms. The molecule has 92 valence electrons. The highest BCUT2D eigenvalue weighted by atomic mass is 16.5. The average Bonchev–Trinajstić information content (AvgIpc) is 2.77. The fraction of sp³-hybridized carbons (Fsp3) is 0.214. The van der Waals surface area contributed by atoms with Crippen LogP contribution in [0.2, 0.25) is 0 Å². The van der Waals surface area contributed by atoms with E-state index in [1.165, 1.54) is 0 Å². The molecule has 4 nitrogen and oxygen atoms in total. The quantitative estimate of drug-likeness (QED) is 0.894. The van der Waals surface area contributed by atoms with E-state index in [1.807, 2.05) is 48.1 Å². The summed E-state index contributed by atoms with van der Waals surface area (Å²) < 4.78 is 7.08. The van der Waals surface area contributed by atoms with Gasteiger partial charge in [0.1, 0.15) is 17.5 Å². The van der Waals surface area contributed by atoms with Gasteiger partial charge < -0.3 is 14.6 Å². The van der Waals surface area contributed by atoms with Gasteiger partial charge >= 0.3 is 0 Å². The summed E-state index contributed by atoms with van der Waals surface area (Å²) in [6, 6.07) is 11.8. The van der Waals surface area contributed by atoms with Crippen LogP contribution in [-0.2, 0) is 13.6 Å². The van der Waals surface area contributed by atoms with Crippen LogP contribution in [0.5, 0.6) is 5.75 Å². The molecule has 1 heterocycles. The highest BCUT2D eigenvalue weighted by molar-refractivity contribution is 5.56. The largest absolute Gasteiger partial charge is 0.495 e. The van der Waals surface area contributed by atoms with Crippen molar-refractivity contribution >= 4 is 5.69 Å². The van der Waals surface area contributed by atoms with Crippen LogP contribution in [0.15, 0.2) is 36.5 Å². The molecule has 2 aromatic rings. The number of para-hydroxylation sites is 2. The van der Waals surface area contributed by atoms with Gasteiger partial charge in [-0.1, -0.05) is 12.1 Å². The fourth-order valence-corrected chi connectivity index (χ4v) is 1.83. The zero-order chi connectivity index (χ0) is 13.0. The van der Waals surface area contributed by atoms with E-state index in [-0.39, 0.29) is 0 Å². The normalized spacial score (nSPS) is 9.83. The van der Waals surface area contributed by atoms with Gasteiger partial charge in [-0.2, -0.15) is 5.26 Å². The minimum Gasteiger partial charge on any atom is -0.495 e. The number of benzene rings is 1. The second kappa shape index (κ2) is 5.28. The second-order valence-corrected chi connectivity index (χ2v) is 4.01. The molecule has 0 bridgehead atoms. The summed E-state index contributed by atoms with van der Waals surface area (Å²) in [5, 5.41) is 12.2. The molecular formula is C14H15N3O. The SMILES string of the molecule is COc1ccccc1NCc1cc(C#N)n(C)c1. The summed E-state index contributed by atoms with van der Waals surface area (Å²) in [6.07, 6.45) is 1.95. The van der Waals surface area contributed by atoms with Crippen molar-refractivity contribution in [3.05, 3.63) is 47.8 Å². The van der Waals surface area contributed by atoms with Gasteiger partial charge in [-0.25, -0.2) is 0 Å². The Bertz CT molecular complexity index is 581. The highest BCUT2D eigenvalue weighted by Gasteiger charge is 2.04. The van der Waals surface area contributed by atoms with Crippen molar-refractivity contribution in [2.75, 3.05) is 12.4 Å². The first-order chi connectivity index (χ1) is 8.74. The van der Waals surface area contributed by atoms with Gasteiger partial charge in [0.25, 0.3) is 0 Å². The molecule has 0 aliphatic heterocycles. The molecule has 2 rings (SSSR count). The van der Waals surface area contributed by atoms with Gasteiger partial charge in [-0.05, 0) is 23.8 Å². The van der Waals surface area contributed by atoms with Crippen LogP contribution in [0.4, 0.5) is 5.69 Å². The number of hydrogen-bond acceptors (Lipinski definition) is 3. The number of aromatic nitrogens is 1. The summed E-state index contributed by atoms with van der Waals surface area (Å²) in [5.41, 5.74) is 2.68.